The number of thiophene rings is 1. The molecule has 1 atom stereocenters. The van der Waals surface area contributed by atoms with E-state index >= 15 is 0 Å². The molecule has 1 N–H and O–H groups in total. The van der Waals surface area contributed by atoms with Crippen molar-refractivity contribution in [3.8, 4) is 11.5 Å². The third-order valence-electron chi connectivity index (χ3n) is 2.66. The van der Waals surface area contributed by atoms with Crippen LogP contribution in [0.5, 0.6) is 11.5 Å². The quantitative estimate of drug-likeness (QED) is 0.846. The van der Waals surface area contributed by atoms with Crippen LogP contribution in [0.1, 0.15) is 23.5 Å². The molecule has 0 saturated carbocycles. The van der Waals surface area contributed by atoms with Crippen molar-refractivity contribution in [1.82, 2.24) is 0 Å². The molecule has 7 heteroatoms. The molecule has 0 aliphatic carbocycles. The summed E-state index contributed by atoms with van der Waals surface area (Å²) in [5.41, 5.74) is 0.513. The predicted octanol–water partition coefficient (Wildman–Crippen LogP) is 4.48. The number of hydrogen-bond donors (Lipinski definition) is 1. The minimum absolute atomic E-state index is 0.0630. The molecule has 0 amide bonds. The number of aliphatic hydroxyl groups excluding tert-OH is 1. The lowest BCUT2D eigenvalue weighted by atomic mass is 10.1. The zero-order valence-electron chi connectivity index (χ0n) is 11.1. The number of rotatable bonds is 6. The van der Waals surface area contributed by atoms with Crippen molar-refractivity contribution < 1.29 is 23.4 Å². The Bertz CT molecular complexity index is 604. The maximum atomic E-state index is 12.3. The van der Waals surface area contributed by atoms with Crippen molar-refractivity contribution >= 4 is 22.9 Å². The van der Waals surface area contributed by atoms with Crippen LogP contribution in [0.2, 0.25) is 4.34 Å². The molecular weight excluding hydrogens is 322 g/mol. The Morgan fingerprint density at radius 3 is 2.57 bits per heavy atom. The van der Waals surface area contributed by atoms with Gasteiger partial charge in [0.1, 0.15) is 6.10 Å². The summed E-state index contributed by atoms with van der Waals surface area (Å²) >= 11 is 7.08. The highest BCUT2D eigenvalue weighted by atomic mass is 35.5. The fourth-order valence-electron chi connectivity index (χ4n) is 1.80. The summed E-state index contributed by atoms with van der Waals surface area (Å²) in [5.74, 6) is 0.101. The summed E-state index contributed by atoms with van der Waals surface area (Å²) in [4.78, 5) is 0.657. The number of aliphatic hydroxyl groups is 1. The number of benzene rings is 1. The highest BCUT2D eigenvalue weighted by molar-refractivity contribution is 7.16. The third-order valence-corrected chi connectivity index (χ3v) is 3.95. The van der Waals surface area contributed by atoms with Gasteiger partial charge in [-0.05, 0) is 36.8 Å². The van der Waals surface area contributed by atoms with Gasteiger partial charge in [0, 0.05) is 4.88 Å². The van der Waals surface area contributed by atoms with Gasteiger partial charge in [0.25, 0.3) is 0 Å². The molecule has 2 aromatic rings. The fraction of sp³-hybridized carbons (Fsp3) is 0.286. The van der Waals surface area contributed by atoms with E-state index in [1.165, 1.54) is 29.5 Å². The van der Waals surface area contributed by atoms with E-state index in [-0.39, 0.29) is 11.5 Å². The second-order valence-corrected chi connectivity index (χ2v) is 5.81. The molecule has 1 aromatic heterocycles. The van der Waals surface area contributed by atoms with E-state index in [1.54, 1.807) is 19.1 Å². The highest BCUT2D eigenvalue weighted by Crippen LogP contribution is 2.36. The average Bonchev–Trinajstić information content (AvgIpc) is 2.86. The van der Waals surface area contributed by atoms with Gasteiger partial charge in [-0.2, -0.15) is 8.78 Å². The van der Waals surface area contributed by atoms with Crippen LogP contribution in [-0.4, -0.2) is 18.3 Å². The van der Waals surface area contributed by atoms with Crippen molar-refractivity contribution in [1.29, 1.82) is 0 Å². The molecule has 0 aliphatic rings. The lowest BCUT2D eigenvalue weighted by Gasteiger charge is -2.15. The standard InChI is InChI=1S/C14H13ClF2O3S/c1-2-19-10-7-8(3-4-9(10)20-14(16)17)13(18)11-5-6-12(15)21-11/h3-7,13-14,18H,2H2,1H3. The molecule has 0 saturated heterocycles. The van der Waals surface area contributed by atoms with Gasteiger partial charge in [0.15, 0.2) is 11.5 Å². The Kier molecular flexibility index (Phi) is 5.39. The summed E-state index contributed by atoms with van der Waals surface area (Å²) < 4.78 is 34.9. The molecule has 1 heterocycles. The van der Waals surface area contributed by atoms with E-state index in [1.807, 2.05) is 0 Å². The first-order valence-electron chi connectivity index (χ1n) is 6.16. The van der Waals surface area contributed by atoms with Crippen LogP contribution in [0.15, 0.2) is 30.3 Å². The van der Waals surface area contributed by atoms with Crippen LogP contribution < -0.4 is 9.47 Å². The maximum Gasteiger partial charge on any atom is 0.387 e. The molecule has 3 nitrogen and oxygen atoms in total. The van der Waals surface area contributed by atoms with E-state index in [9.17, 15) is 13.9 Å². The van der Waals surface area contributed by atoms with Crippen molar-refractivity contribution in [2.75, 3.05) is 6.61 Å². The number of halogens is 3. The Morgan fingerprint density at radius 1 is 1.24 bits per heavy atom. The molecule has 21 heavy (non-hydrogen) atoms. The van der Waals surface area contributed by atoms with Gasteiger partial charge in [-0.3, -0.25) is 0 Å². The molecule has 0 fully saturated rings. The van der Waals surface area contributed by atoms with Gasteiger partial charge in [0.2, 0.25) is 0 Å². The van der Waals surface area contributed by atoms with Gasteiger partial charge in [-0.15, -0.1) is 11.3 Å². The van der Waals surface area contributed by atoms with Crippen LogP contribution in [0.4, 0.5) is 8.78 Å². The first-order valence-corrected chi connectivity index (χ1v) is 7.35. The van der Waals surface area contributed by atoms with E-state index in [4.69, 9.17) is 16.3 Å². The second kappa shape index (κ2) is 7.06. The Morgan fingerprint density at radius 2 is 2.00 bits per heavy atom. The van der Waals surface area contributed by atoms with Crippen molar-refractivity contribution in [2.24, 2.45) is 0 Å². The van der Waals surface area contributed by atoms with Crippen LogP contribution in [0.25, 0.3) is 0 Å². The molecular formula is C14H13ClF2O3S. The maximum absolute atomic E-state index is 12.3. The van der Waals surface area contributed by atoms with Crippen molar-refractivity contribution in [2.45, 2.75) is 19.6 Å². The summed E-state index contributed by atoms with van der Waals surface area (Å²) in [6.45, 7) is -0.908. The second-order valence-electron chi connectivity index (χ2n) is 4.06. The topological polar surface area (TPSA) is 38.7 Å². The lowest BCUT2D eigenvalue weighted by molar-refractivity contribution is -0.0514. The van der Waals surface area contributed by atoms with Crippen LogP contribution in [0, 0.1) is 0 Å². The SMILES string of the molecule is CCOc1cc(C(O)c2ccc(Cl)s2)ccc1OC(F)F. The molecule has 0 bridgehead atoms. The van der Waals surface area contributed by atoms with E-state index in [2.05, 4.69) is 4.74 Å². The summed E-state index contributed by atoms with van der Waals surface area (Å²) in [6.07, 6.45) is -0.901. The van der Waals surface area contributed by atoms with Gasteiger partial charge in [-0.25, -0.2) is 0 Å². The monoisotopic (exact) mass is 334 g/mol. The minimum atomic E-state index is -2.93. The Labute approximate surface area is 129 Å². The summed E-state index contributed by atoms with van der Waals surface area (Å²) in [6, 6.07) is 7.74. The number of ether oxygens (including phenoxy) is 2. The molecule has 1 aromatic carbocycles. The number of alkyl halides is 2. The normalized spacial score (nSPS) is 12.5. The van der Waals surface area contributed by atoms with Gasteiger partial charge in [0.05, 0.1) is 10.9 Å². The smallest absolute Gasteiger partial charge is 0.387 e. The fourth-order valence-corrected chi connectivity index (χ4v) is 2.87. The van der Waals surface area contributed by atoms with Crippen LogP contribution >= 0.6 is 22.9 Å². The average molecular weight is 335 g/mol. The molecule has 0 radical (unpaired) electrons. The van der Waals surface area contributed by atoms with E-state index < -0.39 is 12.7 Å². The Balaban J connectivity index is 2.30. The highest BCUT2D eigenvalue weighted by Gasteiger charge is 2.17. The van der Waals surface area contributed by atoms with Gasteiger partial charge in [-0.1, -0.05) is 17.7 Å². The van der Waals surface area contributed by atoms with E-state index in [0.717, 1.165) is 0 Å². The summed E-state index contributed by atoms with van der Waals surface area (Å²) in [7, 11) is 0. The van der Waals surface area contributed by atoms with Crippen LogP contribution in [-0.2, 0) is 0 Å². The lowest BCUT2D eigenvalue weighted by Crippen LogP contribution is -2.06. The molecule has 1 unspecified atom stereocenters. The zero-order valence-corrected chi connectivity index (χ0v) is 12.6. The van der Waals surface area contributed by atoms with Crippen molar-refractivity contribution in [3.05, 3.63) is 45.1 Å². The van der Waals surface area contributed by atoms with Gasteiger partial charge < -0.3 is 14.6 Å². The first kappa shape index (κ1) is 16.0. The Hall–Kier alpha value is -1.37. The molecule has 0 spiro atoms. The molecule has 2 rings (SSSR count). The third kappa shape index (κ3) is 4.06. The van der Waals surface area contributed by atoms with Gasteiger partial charge >= 0.3 is 6.61 Å². The number of hydrogen-bond acceptors (Lipinski definition) is 4. The first-order chi connectivity index (χ1) is 10.0. The molecule has 0 aliphatic heterocycles. The minimum Gasteiger partial charge on any atom is -0.490 e. The molecule has 114 valence electrons. The summed E-state index contributed by atoms with van der Waals surface area (Å²) in [5, 5.41) is 10.3. The van der Waals surface area contributed by atoms with Crippen molar-refractivity contribution in [3.63, 3.8) is 0 Å². The van der Waals surface area contributed by atoms with Crippen LogP contribution in [0.3, 0.4) is 0 Å². The largest absolute Gasteiger partial charge is 0.490 e. The predicted molar refractivity (Wildman–Crippen MR) is 77.6 cm³/mol. The zero-order chi connectivity index (χ0) is 15.4. The van der Waals surface area contributed by atoms with E-state index in [0.29, 0.717) is 21.4 Å².